The molecule has 3 aromatic rings. The third kappa shape index (κ3) is 5.18. The van der Waals surface area contributed by atoms with E-state index < -0.39 is 32.4 Å². The number of nitrogens with zero attached hydrogens (tertiary/aromatic N) is 2. The van der Waals surface area contributed by atoms with Gasteiger partial charge in [0, 0.05) is 31.2 Å². The first-order valence-electron chi connectivity index (χ1n) is 10.2. The molecule has 0 aromatic carbocycles. The molecule has 4 rings (SSSR count). The molecule has 1 unspecified atom stereocenters. The minimum atomic E-state index is -4.19. The van der Waals surface area contributed by atoms with Crippen LogP contribution in [0.1, 0.15) is 30.7 Å². The van der Waals surface area contributed by atoms with E-state index >= 15 is 0 Å². The van der Waals surface area contributed by atoms with Crippen LogP contribution < -0.4 is 10.9 Å². The fourth-order valence-corrected chi connectivity index (χ4v) is 5.83. The summed E-state index contributed by atoms with van der Waals surface area (Å²) in [6.45, 7) is 1.03. The van der Waals surface area contributed by atoms with Gasteiger partial charge in [0.1, 0.15) is 0 Å². The van der Waals surface area contributed by atoms with Gasteiger partial charge in [0.15, 0.2) is 15.3 Å². The number of carbonyl (C=O) groups excluding carboxylic acids is 1. The van der Waals surface area contributed by atoms with E-state index in [1.807, 2.05) is 0 Å². The van der Waals surface area contributed by atoms with Gasteiger partial charge in [-0.15, -0.1) is 0 Å². The Balaban J connectivity index is 1.79. The van der Waals surface area contributed by atoms with Crippen molar-refractivity contribution in [3.05, 3.63) is 63.9 Å². The number of thiazole rings is 1. The van der Waals surface area contributed by atoms with Crippen molar-refractivity contribution in [3.8, 4) is 0 Å². The first-order valence-corrected chi connectivity index (χ1v) is 12.5. The molecule has 3 aromatic heterocycles. The van der Waals surface area contributed by atoms with E-state index in [2.05, 4.69) is 20.3 Å². The van der Waals surface area contributed by atoms with Crippen molar-refractivity contribution in [1.29, 1.82) is 0 Å². The Morgan fingerprint density at radius 1 is 1.27 bits per heavy atom. The molecule has 174 valence electrons. The second kappa shape index (κ2) is 9.89. The molecule has 1 amide bonds. The summed E-state index contributed by atoms with van der Waals surface area (Å²) in [5.74, 6) is -1.71. The normalized spacial score (nSPS) is 15.8. The number of carbonyl (C=O) groups is 1. The molecule has 0 radical (unpaired) electrons. The highest BCUT2D eigenvalue weighted by Crippen LogP contribution is 2.34. The lowest BCUT2D eigenvalue weighted by atomic mass is 9.85. The first kappa shape index (κ1) is 23.2. The summed E-state index contributed by atoms with van der Waals surface area (Å²) in [4.78, 5) is 36.2. The zero-order valence-corrected chi connectivity index (χ0v) is 19.0. The average molecular weight is 493 g/mol. The van der Waals surface area contributed by atoms with Crippen LogP contribution in [0, 0.1) is 11.0 Å². The standard InChI is InChI=1S/C21H21FN4O5S2/c22-16-12-25-21(32-16)26-19(27)14(11-13-5-9-31-10-6-13)18-15(4-8-24-20(18)28)33(29,30)17-3-1-2-7-23-17/h1-4,7-8,12-14H,5-6,9-11H2,(H,24,28)(H,25,26,27). The highest BCUT2D eigenvalue weighted by Gasteiger charge is 2.34. The second-order valence-electron chi connectivity index (χ2n) is 7.56. The zero-order valence-electron chi connectivity index (χ0n) is 17.4. The molecule has 1 atom stereocenters. The largest absolute Gasteiger partial charge is 0.381 e. The second-order valence-corrected chi connectivity index (χ2v) is 10.4. The summed E-state index contributed by atoms with van der Waals surface area (Å²) < 4.78 is 45.5. The number of nitrogens with one attached hydrogen (secondary N) is 2. The van der Waals surface area contributed by atoms with Gasteiger partial charge in [0.05, 0.1) is 17.0 Å². The number of amides is 1. The highest BCUT2D eigenvalue weighted by atomic mass is 32.2. The van der Waals surface area contributed by atoms with Crippen LogP contribution in [0.15, 0.2) is 57.6 Å². The lowest BCUT2D eigenvalue weighted by molar-refractivity contribution is -0.118. The van der Waals surface area contributed by atoms with Crippen molar-refractivity contribution in [3.63, 3.8) is 0 Å². The number of aromatic nitrogens is 3. The van der Waals surface area contributed by atoms with Crippen LogP contribution in [0.5, 0.6) is 0 Å². The van der Waals surface area contributed by atoms with E-state index in [1.54, 1.807) is 6.07 Å². The SMILES string of the molecule is O=C(Nc1ncc(F)s1)C(CC1CCOCC1)c1c(S(=O)(=O)c2ccccn2)cc[nH]c1=O. The molecular formula is C21H21FN4O5S2. The summed E-state index contributed by atoms with van der Waals surface area (Å²) in [5, 5.41) is 1.74. The van der Waals surface area contributed by atoms with E-state index in [-0.39, 0.29) is 33.0 Å². The van der Waals surface area contributed by atoms with Crippen molar-refractivity contribution in [2.45, 2.75) is 35.1 Å². The molecule has 1 aliphatic heterocycles. The van der Waals surface area contributed by atoms with Gasteiger partial charge >= 0.3 is 0 Å². The molecule has 9 nitrogen and oxygen atoms in total. The molecule has 1 fully saturated rings. The van der Waals surface area contributed by atoms with Gasteiger partial charge in [-0.1, -0.05) is 17.4 Å². The van der Waals surface area contributed by atoms with Gasteiger partial charge in [0.25, 0.3) is 5.56 Å². The van der Waals surface area contributed by atoms with Crippen LogP contribution in [0.4, 0.5) is 9.52 Å². The van der Waals surface area contributed by atoms with E-state index in [4.69, 9.17) is 4.74 Å². The van der Waals surface area contributed by atoms with Crippen molar-refractivity contribution < 1.29 is 22.3 Å². The molecule has 4 heterocycles. The number of H-pyrrole nitrogens is 1. The minimum Gasteiger partial charge on any atom is -0.381 e. The Labute approximate surface area is 193 Å². The number of rotatable bonds is 7. The number of anilines is 1. The number of halogens is 1. The Bertz CT molecular complexity index is 1290. The van der Waals surface area contributed by atoms with Crippen molar-refractivity contribution >= 4 is 32.2 Å². The van der Waals surface area contributed by atoms with Gasteiger partial charge in [-0.3, -0.25) is 9.59 Å². The Kier molecular flexibility index (Phi) is 6.96. The Morgan fingerprint density at radius 3 is 2.73 bits per heavy atom. The van der Waals surface area contributed by atoms with Crippen LogP contribution >= 0.6 is 11.3 Å². The summed E-state index contributed by atoms with van der Waals surface area (Å²) in [6, 6.07) is 5.68. The van der Waals surface area contributed by atoms with Crippen molar-refractivity contribution in [2.24, 2.45) is 5.92 Å². The number of pyridine rings is 2. The molecule has 2 N–H and O–H groups in total. The topological polar surface area (TPSA) is 131 Å². The number of ether oxygens (including phenoxy) is 1. The molecule has 0 aliphatic carbocycles. The summed E-state index contributed by atoms with van der Waals surface area (Å²) in [6.07, 6.45) is 5.09. The summed E-state index contributed by atoms with van der Waals surface area (Å²) in [5.41, 5.74) is -0.867. The van der Waals surface area contributed by atoms with Crippen LogP contribution in [0.25, 0.3) is 0 Å². The fraction of sp³-hybridized carbons (Fsp3) is 0.333. The van der Waals surface area contributed by atoms with Crippen molar-refractivity contribution in [1.82, 2.24) is 15.0 Å². The Morgan fingerprint density at radius 2 is 2.06 bits per heavy atom. The fourth-order valence-electron chi connectivity index (χ4n) is 3.83. The molecule has 0 saturated carbocycles. The highest BCUT2D eigenvalue weighted by molar-refractivity contribution is 7.91. The molecule has 1 saturated heterocycles. The molecule has 0 bridgehead atoms. The number of hydrogen-bond donors (Lipinski definition) is 2. The molecular weight excluding hydrogens is 471 g/mol. The number of hydrogen-bond acceptors (Lipinski definition) is 8. The van der Waals surface area contributed by atoms with Crippen LogP contribution in [-0.4, -0.2) is 42.5 Å². The van der Waals surface area contributed by atoms with Crippen LogP contribution in [0.3, 0.4) is 0 Å². The first-order chi connectivity index (χ1) is 15.9. The maximum Gasteiger partial charge on any atom is 0.253 e. The van der Waals surface area contributed by atoms with Gasteiger partial charge < -0.3 is 15.0 Å². The Hall–Kier alpha value is -2.96. The predicted octanol–water partition coefficient (Wildman–Crippen LogP) is 2.74. The van der Waals surface area contributed by atoms with E-state index in [9.17, 15) is 22.4 Å². The van der Waals surface area contributed by atoms with Gasteiger partial charge in [0.2, 0.25) is 15.7 Å². The summed E-state index contributed by atoms with van der Waals surface area (Å²) >= 11 is 0.642. The quantitative estimate of drug-likeness (QED) is 0.518. The maximum atomic E-state index is 13.4. The van der Waals surface area contributed by atoms with E-state index in [1.165, 1.54) is 30.6 Å². The molecule has 1 aliphatic rings. The molecule has 33 heavy (non-hydrogen) atoms. The van der Waals surface area contributed by atoms with Gasteiger partial charge in [-0.2, -0.15) is 4.39 Å². The maximum absolute atomic E-state index is 13.4. The van der Waals surface area contributed by atoms with Crippen molar-refractivity contribution in [2.75, 3.05) is 18.5 Å². The average Bonchev–Trinajstić information content (AvgIpc) is 3.23. The van der Waals surface area contributed by atoms with Gasteiger partial charge in [-0.25, -0.2) is 18.4 Å². The van der Waals surface area contributed by atoms with Gasteiger partial charge in [-0.05, 0) is 43.4 Å². The zero-order chi connectivity index (χ0) is 23.4. The monoisotopic (exact) mass is 492 g/mol. The van der Waals surface area contributed by atoms with Crippen LogP contribution in [0.2, 0.25) is 0 Å². The predicted molar refractivity (Wildman–Crippen MR) is 118 cm³/mol. The lowest BCUT2D eigenvalue weighted by Gasteiger charge is -2.26. The number of sulfone groups is 1. The number of aromatic amines is 1. The lowest BCUT2D eigenvalue weighted by Crippen LogP contribution is -2.31. The van der Waals surface area contributed by atoms with E-state index in [0.717, 1.165) is 6.20 Å². The molecule has 0 spiro atoms. The molecule has 12 heteroatoms. The minimum absolute atomic E-state index is 0.0240. The summed E-state index contributed by atoms with van der Waals surface area (Å²) in [7, 11) is -4.19. The third-order valence-corrected chi connectivity index (χ3v) is 7.87. The van der Waals surface area contributed by atoms with Crippen LogP contribution in [-0.2, 0) is 19.4 Å². The smallest absolute Gasteiger partial charge is 0.253 e. The third-order valence-electron chi connectivity index (χ3n) is 5.44. The van der Waals surface area contributed by atoms with E-state index in [0.29, 0.717) is 37.4 Å².